The summed E-state index contributed by atoms with van der Waals surface area (Å²) in [5.74, 6) is 0. The molecule has 0 radical (unpaired) electrons. The second kappa shape index (κ2) is 2.83. The molecule has 62 valence electrons. The monoisotopic (exact) mass is 152 g/mol. The van der Waals surface area contributed by atoms with E-state index < -0.39 is 0 Å². The zero-order chi connectivity index (χ0) is 8.48. The Hall–Kier alpha value is -0.550. The van der Waals surface area contributed by atoms with Crippen LogP contribution in [0.25, 0.3) is 0 Å². The van der Waals surface area contributed by atoms with Crippen molar-refractivity contribution in [3.05, 3.63) is 0 Å². The van der Waals surface area contributed by atoms with Crippen molar-refractivity contribution in [3.63, 3.8) is 0 Å². The van der Waals surface area contributed by atoms with Crippen molar-refractivity contribution in [2.45, 2.75) is 45.2 Å². The SMILES string of the molecule is CC(C)(C)N1CCC[C@@H]1C#N. The first-order valence-corrected chi connectivity index (χ1v) is 4.22. The lowest BCUT2D eigenvalue weighted by Gasteiger charge is -2.33. The van der Waals surface area contributed by atoms with E-state index in [1.807, 2.05) is 0 Å². The molecule has 11 heavy (non-hydrogen) atoms. The molecule has 1 saturated heterocycles. The van der Waals surface area contributed by atoms with E-state index >= 15 is 0 Å². The maximum Gasteiger partial charge on any atom is 0.0982 e. The molecule has 0 aromatic rings. The second-order valence-corrected chi connectivity index (χ2v) is 4.15. The Morgan fingerprint density at radius 2 is 2.09 bits per heavy atom. The van der Waals surface area contributed by atoms with Gasteiger partial charge in [-0.2, -0.15) is 5.26 Å². The van der Waals surface area contributed by atoms with Gasteiger partial charge >= 0.3 is 0 Å². The summed E-state index contributed by atoms with van der Waals surface area (Å²) < 4.78 is 0. The molecule has 1 fully saturated rings. The van der Waals surface area contributed by atoms with E-state index in [9.17, 15) is 0 Å². The fraction of sp³-hybridized carbons (Fsp3) is 0.889. The zero-order valence-electron chi connectivity index (χ0n) is 7.59. The summed E-state index contributed by atoms with van der Waals surface area (Å²) in [6.45, 7) is 7.59. The van der Waals surface area contributed by atoms with E-state index in [0.717, 1.165) is 13.0 Å². The van der Waals surface area contributed by atoms with Crippen LogP contribution in [0.15, 0.2) is 0 Å². The lowest BCUT2D eigenvalue weighted by Crippen LogP contribution is -2.43. The molecule has 0 amide bonds. The highest BCUT2D eigenvalue weighted by Crippen LogP contribution is 2.25. The predicted molar refractivity (Wildman–Crippen MR) is 45.1 cm³/mol. The highest BCUT2D eigenvalue weighted by molar-refractivity contribution is 4.99. The maximum atomic E-state index is 8.81. The summed E-state index contributed by atoms with van der Waals surface area (Å²) in [6.07, 6.45) is 2.23. The Morgan fingerprint density at radius 1 is 1.45 bits per heavy atom. The van der Waals surface area contributed by atoms with E-state index in [2.05, 4.69) is 31.7 Å². The largest absolute Gasteiger partial charge is 0.283 e. The molecule has 0 aliphatic carbocycles. The lowest BCUT2D eigenvalue weighted by molar-refractivity contribution is 0.146. The molecule has 0 bridgehead atoms. The molecular weight excluding hydrogens is 136 g/mol. The summed E-state index contributed by atoms with van der Waals surface area (Å²) in [5.41, 5.74) is 0.164. The molecule has 0 N–H and O–H groups in total. The van der Waals surface area contributed by atoms with E-state index in [-0.39, 0.29) is 11.6 Å². The lowest BCUT2D eigenvalue weighted by atomic mass is 10.1. The summed E-state index contributed by atoms with van der Waals surface area (Å²) in [7, 11) is 0. The van der Waals surface area contributed by atoms with Crippen molar-refractivity contribution in [1.29, 1.82) is 5.26 Å². The third-order valence-electron chi connectivity index (χ3n) is 2.26. The standard InChI is InChI=1S/C9H16N2/c1-9(2,3)11-6-4-5-8(11)7-10/h8H,4-6H2,1-3H3/t8-/m1/s1. The third kappa shape index (κ3) is 1.72. The van der Waals surface area contributed by atoms with Crippen LogP contribution in [0.4, 0.5) is 0 Å². The van der Waals surface area contributed by atoms with Crippen LogP contribution in [0.3, 0.4) is 0 Å². The molecule has 2 heteroatoms. The van der Waals surface area contributed by atoms with Crippen LogP contribution < -0.4 is 0 Å². The summed E-state index contributed by atoms with van der Waals surface area (Å²) in [5, 5.41) is 8.81. The number of likely N-dealkylation sites (tertiary alicyclic amines) is 1. The molecule has 0 aromatic carbocycles. The number of rotatable bonds is 0. The van der Waals surface area contributed by atoms with Gasteiger partial charge in [-0.05, 0) is 33.6 Å². The van der Waals surface area contributed by atoms with Crippen molar-refractivity contribution in [2.75, 3.05) is 6.54 Å². The van der Waals surface area contributed by atoms with E-state index in [1.165, 1.54) is 6.42 Å². The number of nitriles is 1. The van der Waals surface area contributed by atoms with E-state index in [1.54, 1.807) is 0 Å². The minimum absolute atomic E-state index is 0.162. The molecule has 1 aliphatic rings. The van der Waals surface area contributed by atoms with Gasteiger partial charge in [0.15, 0.2) is 0 Å². The Morgan fingerprint density at radius 3 is 2.45 bits per heavy atom. The van der Waals surface area contributed by atoms with Gasteiger partial charge in [0.25, 0.3) is 0 Å². The first kappa shape index (κ1) is 8.55. The van der Waals surface area contributed by atoms with E-state index in [4.69, 9.17) is 5.26 Å². The van der Waals surface area contributed by atoms with Crippen LogP contribution in [0.5, 0.6) is 0 Å². The molecule has 1 aliphatic heterocycles. The van der Waals surface area contributed by atoms with Gasteiger partial charge in [0.1, 0.15) is 0 Å². The van der Waals surface area contributed by atoms with Gasteiger partial charge in [-0.25, -0.2) is 0 Å². The van der Waals surface area contributed by atoms with Gasteiger partial charge in [-0.15, -0.1) is 0 Å². The maximum absolute atomic E-state index is 8.81. The molecule has 1 atom stereocenters. The fourth-order valence-corrected chi connectivity index (χ4v) is 1.70. The Labute approximate surface area is 68.8 Å². The van der Waals surface area contributed by atoms with Gasteiger partial charge < -0.3 is 0 Å². The number of nitrogens with zero attached hydrogens (tertiary/aromatic N) is 2. The Bertz CT molecular complexity index is 173. The number of hydrogen-bond acceptors (Lipinski definition) is 2. The first-order chi connectivity index (χ1) is 5.05. The van der Waals surface area contributed by atoms with E-state index in [0.29, 0.717) is 0 Å². The minimum atomic E-state index is 0.162. The molecule has 0 aromatic heterocycles. The second-order valence-electron chi connectivity index (χ2n) is 4.15. The highest BCUT2D eigenvalue weighted by atomic mass is 15.2. The smallest absolute Gasteiger partial charge is 0.0982 e. The molecule has 2 nitrogen and oxygen atoms in total. The van der Waals surface area contributed by atoms with Crippen LogP contribution in [0, 0.1) is 11.3 Å². The summed E-state index contributed by atoms with van der Waals surface area (Å²) in [6, 6.07) is 2.51. The quantitative estimate of drug-likeness (QED) is 0.529. The van der Waals surface area contributed by atoms with Crippen LogP contribution in [-0.2, 0) is 0 Å². The minimum Gasteiger partial charge on any atom is -0.283 e. The highest BCUT2D eigenvalue weighted by Gasteiger charge is 2.32. The third-order valence-corrected chi connectivity index (χ3v) is 2.26. The molecule has 1 rings (SSSR count). The van der Waals surface area contributed by atoms with Crippen molar-refractivity contribution in [2.24, 2.45) is 0 Å². The average molecular weight is 152 g/mol. The predicted octanol–water partition coefficient (Wildman–Crippen LogP) is 1.77. The van der Waals surface area contributed by atoms with Crippen LogP contribution >= 0.6 is 0 Å². The van der Waals surface area contributed by atoms with Crippen LogP contribution in [0.2, 0.25) is 0 Å². The molecular formula is C9H16N2. The van der Waals surface area contributed by atoms with Crippen LogP contribution in [0.1, 0.15) is 33.6 Å². The van der Waals surface area contributed by atoms with Gasteiger partial charge in [-0.3, -0.25) is 4.90 Å². The topological polar surface area (TPSA) is 27.0 Å². The molecule has 0 saturated carbocycles. The normalized spacial score (nSPS) is 26.9. The molecule has 0 unspecified atom stereocenters. The zero-order valence-corrected chi connectivity index (χ0v) is 7.59. The summed E-state index contributed by atoms with van der Waals surface area (Å²) >= 11 is 0. The van der Waals surface area contributed by atoms with Crippen molar-refractivity contribution >= 4 is 0 Å². The fourth-order valence-electron chi connectivity index (χ4n) is 1.70. The van der Waals surface area contributed by atoms with Crippen molar-refractivity contribution in [1.82, 2.24) is 4.90 Å². The summed E-state index contributed by atoms with van der Waals surface area (Å²) in [4.78, 5) is 2.28. The van der Waals surface area contributed by atoms with Gasteiger partial charge in [0, 0.05) is 12.1 Å². The Kier molecular flexibility index (Phi) is 2.20. The molecule has 1 heterocycles. The Balaban J connectivity index is 2.66. The molecule has 0 spiro atoms. The van der Waals surface area contributed by atoms with Crippen LogP contribution in [-0.4, -0.2) is 23.0 Å². The van der Waals surface area contributed by atoms with Gasteiger partial charge in [0.2, 0.25) is 0 Å². The first-order valence-electron chi connectivity index (χ1n) is 4.22. The van der Waals surface area contributed by atoms with Crippen molar-refractivity contribution in [3.8, 4) is 6.07 Å². The van der Waals surface area contributed by atoms with Gasteiger partial charge in [-0.1, -0.05) is 0 Å². The average Bonchev–Trinajstić information content (AvgIpc) is 2.31. The number of hydrogen-bond donors (Lipinski definition) is 0. The van der Waals surface area contributed by atoms with Gasteiger partial charge in [0.05, 0.1) is 12.1 Å². The van der Waals surface area contributed by atoms with Crippen molar-refractivity contribution < 1.29 is 0 Å².